The average molecular weight is 450 g/mol. The molecule has 1 aromatic heterocycles. The summed E-state index contributed by atoms with van der Waals surface area (Å²) in [4.78, 5) is 24.1. The highest BCUT2D eigenvalue weighted by atomic mass is 32.2. The number of hydrogen-bond acceptors (Lipinski definition) is 6. The zero-order chi connectivity index (χ0) is 22.6. The number of esters is 1. The molecule has 8 nitrogen and oxygen atoms in total. The minimum atomic E-state index is -3.84. The van der Waals surface area contributed by atoms with E-state index in [2.05, 4.69) is 0 Å². The summed E-state index contributed by atoms with van der Waals surface area (Å²) in [5, 5.41) is 0. The number of hydrogen-bond donors (Lipinski definition) is 0. The molecule has 3 aromatic rings. The Hall–Kier alpha value is -2.98. The fourth-order valence-electron chi connectivity index (χ4n) is 3.22. The van der Waals surface area contributed by atoms with Crippen molar-refractivity contribution in [3.8, 4) is 0 Å². The molecule has 10 heteroatoms. The molecule has 2 aromatic carbocycles. The number of sulfonamides is 1. The summed E-state index contributed by atoms with van der Waals surface area (Å²) < 4.78 is 52.3. The average Bonchev–Trinajstić information content (AvgIpc) is 3.07. The van der Waals surface area contributed by atoms with Crippen molar-refractivity contribution < 1.29 is 26.8 Å². The number of para-hydroxylation sites is 2. The number of aryl methyl sites for hydroxylation is 1. The molecule has 0 radical (unpaired) electrons. The van der Waals surface area contributed by atoms with E-state index in [4.69, 9.17) is 9.15 Å². The van der Waals surface area contributed by atoms with Gasteiger partial charge in [0.05, 0.1) is 22.6 Å². The van der Waals surface area contributed by atoms with Crippen molar-refractivity contribution in [2.24, 2.45) is 0 Å². The van der Waals surface area contributed by atoms with E-state index in [1.54, 1.807) is 38.1 Å². The second-order valence-electron chi connectivity index (χ2n) is 6.71. The van der Waals surface area contributed by atoms with Crippen LogP contribution in [0.2, 0.25) is 0 Å². The molecule has 0 amide bonds. The lowest BCUT2D eigenvalue weighted by Crippen LogP contribution is -2.30. The summed E-state index contributed by atoms with van der Waals surface area (Å²) in [6.45, 7) is 4.03. The quantitative estimate of drug-likeness (QED) is 0.367. The van der Waals surface area contributed by atoms with Gasteiger partial charge in [-0.1, -0.05) is 26.0 Å². The van der Waals surface area contributed by atoms with Gasteiger partial charge in [-0.2, -0.15) is 4.31 Å². The number of carbonyl (C=O) groups excluding carboxylic acids is 1. The summed E-state index contributed by atoms with van der Waals surface area (Å²) >= 11 is 0. The van der Waals surface area contributed by atoms with Crippen LogP contribution in [0.3, 0.4) is 0 Å². The summed E-state index contributed by atoms with van der Waals surface area (Å²) in [5.74, 6) is -2.37. The Balaban J connectivity index is 1.68. The van der Waals surface area contributed by atoms with Crippen molar-refractivity contribution in [2.75, 3.05) is 19.7 Å². The van der Waals surface area contributed by atoms with Gasteiger partial charge in [-0.3, -0.25) is 4.57 Å². The highest BCUT2D eigenvalue weighted by Gasteiger charge is 2.24. The predicted molar refractivity (Wildman–Crippen MR) is 112 cm³/mol. The van der Waals surface area contributed by atoms with E-state index >= 15 is 0 Å². The first-order valence-corrected chi connectivity index (χ1v) is 11.3. The largest absolute Gasteiger partial charge is 0.462 e. The van der Waals surface area contributed by atoms with Crippen molar-refractivity contribution in [2.45, 2.75) is 31.7 Å². The molecule has 166 valence electrons. The molecule has 0 aliphatic carbocycles. The molecule has 0 atom stereocenters. The van der Waals surface area contributed by atoms with Crippen LogP contribution < -0.4 is 5.76 Å². The number of rotatable bonds is 9. The number of aromatic nitrogens is 1. The highest BCUT2D eigenvalue weighted by molar-refractivity contribution is 7.89. The van der Waals surface area contributed by atoms with Gasteiger partial charge in [0.2, 0.25) is 10.0 Å². The first-order chi connectivity index (χ1) is 14.8. The predicted octanol–water partition coefficient (Wildman–Crippen LogP) is 3.01. The van der Waals surface area contributed by atoms with Crippen molar-refractivity contribution >= 4 is 27.1 Å². The lowest BCUT2D eigenvalue weighted by molar-refractivity contribution is 0.0490. The molecule has 1 heterocycles. The Bertz CT molecular complexity index is 1240. The van der Waals surface area contributed by atoms with E-state index in [1.165, 1.54) is 8.87 Å². The maximum absolute atomic E-state index is 14.2. The van der Waals surface area contributed by atoms with Gasteiger partial charge in [-0.05, 0) is 36.8 Å². The number of halogens is 1. The van der Waals surface area contributed by atoms with Crippen LogP contribution in [0.5, 0.6) is 0 Å². The number of nitrogens with zero attached hydrogens (tertiary/aromatic N) is 2. The van der Waals surface area contributed by atoms with Crippen molar-refractivity contribution in [1.82, 2.24) is 8.87 Å². The standard InChI is InChI=1S/C21H23FN2O6S/c1-3-23(4-2)31(27,28)15-10-11-17(22)16(14-15)20(25)29-13-7-12-24-18-8-5-6-9-19(18)30-21(24)26/h5-6,8-11,14H,3-4,7,12-13H2,1-2H3. The Morgan fingerprint density at radius 3 is 2.58 bits per heavy atom. The topological polar surface area (TPSA) is 98.8 Å². The van der Waals surface area contributed by atoms with E-state index in [0.717, 1.165) is 18.2 Å². The molecule has 0 saturated carbocycles. The second kappa shape index (κ2) is 9.44. The number of oxazole rings is 1. The second-order valence-corrected chi connectivity index (χ2v) is 8.65. The molecule has 0 fully saturated rings. The highest BCUT2D eigenvalue weighted by Crippen LogP contribution is 2.20. The normalized spacial score (nSPS) is 11.9. The first-order valence-electron chi connectivity index (χ1n) is 9.84. The molecular weight excluding hydrogens is 427 g/mol. The van der Waals surface area contributed by atoms with Crippen LogP contribution in [0.15, 0.2) is 56.6 Å². The monoisotopic (exact) mass is 450 g/mol. The zero-order valence-corrected chi connectivity index (χ0v) is 18.0. The lowest BCUT2D eigenvalue weighted by atomic mass is 10.2. The summed E-state index contributed by atoms with van der Waals surface area (Å²) in [6, 6.07) is 9.98. The van der Waals surface area contributed by atoms with Crippen molar-refractivity contribution in [3.05, 3.63) is 64.4 Å². The van der Waals surface area contributed by atoms with Crippen LogP contribution in [0.1, 0.15) is 30.6 Å². The molecule has 0 spiro atoms. The molecule has 0 saturated heterocycles. The Labute approximate surface area is 178 Å². The van der Waals surface area contributed by atoms with E-state index in [1.807, 2.05) is 0 Å². The summed E-state index contributed by atoms with van der Waals surface area (Å²) in [6.07, 6.45) is 0.286. The maximum Gasteiger partial charge on any atom is 0.419 e. The zero-order valence-electron chi connectivity index (χ0n) is 17.2. The third-order valence-corrected chi connectivity index (χ3v) is 6.88. The molecule has 0 aliphatic heterocycles. The van der Waals surface area contributed by atoms with Gasteiger partial charge in [-0.15, -0.1) is 0 Å². The molecule has 0 bridgehead atoms. The third kappa shape index (κ3) is 4.70. The first kappa shape index (κ1) is 22.7. The molecular formula is C21H23FN2O6S. The Morgan fingerprint density at radius 1 is 1.16 bits per heavy atom. The Morgan fingerprint density at radius 2 is 1.87 bits per heavy atom. The van der Waals surface area contributed by atoms with Crippen LogP contribution in [0.25, 0.3) is 11.1 Å². The smallest absolute Gasteiger partial charge is 0.419 e. The number of carbonyl (C=O) groups is 1. The number of ether oxygens (including phenoxy) is 1. The fourth-order valence-corrected chi connectivity index (χ4v) is 4.71. The number of fused-ring (bicyclic) bond motifs is 1. The minimum absolute atomic E-state index is 0.0861. The lowest BCUT2D eigenvalue weighted by Gasteiger charge is -2.18. The van der Waals surface area contributed by atoms with Gasteiger partial charge in [0.15, 0.2) is 5.58 Å². The number of benzene rings is 2. The van der Waals surface area contributed by atoms with Gasteiger partial charge in [0.1, 0.15) is 5.82 Å². The van der Waals surface area contributed by atoms with Crippen LogP contribution in [0, 0.1) is 5.82 Å². The van der Waals surface area contributed by atoms with Crippen LogP contribution in [0.4, 0.5) is 4.39 Å². The van der Waals surface area contributed by atoms with Gasteiger partial charge in [0.25, 0.3) is 0 Å². The minimum Gasteiger partial charge on any atom is -0.462 e. The summed E-state index contributed by atoms with van der Waals surface area (Å²) in [7, 11) is -3.84. The molecule has 0 N–H and O–H groups in total. The van der Waals surface area contributed by atoms with Crippen molar-refractivity contribution in [1.29, 1.82) is 0 Å². The summed E-state index contributed by atoms with van der Waals surface area (Å²) in [5.41, 5.74) is 0.621. The van der Waals surface area contributed by atoms with E-state index in [0.29, 0.717) is 11.1 Å². The van der Waals surface area contributed by atoms with Gasteiger partial charge >= 0.3 is 11.7 Å². The van der Waals surface area contributed by atoms with E-state index < -0.39 is 33.1 Å². The van der Waals surface area contributed by atoms with Gasteiger partial charge in [0, 0.05) is 19.6 Å². The maximum atomic E-state index is 14.2. The van der Waals surface area contributed by atoms with Crippen LogP contribution in [-0.2, 0) is 21.3 Å². The van der Waals surface area contributed by atoms with Gasteiger partial charge < -0.3 is 9.15 Å². The molecule has 0 unspecified atom stereocenters. The third-order valence-electron chi connectivity index (χ3n) is 4.83. The van der Waals surface area contributed by atoms with Crippen LogP contribution >= 0.6 is 0 Å². The fraction of sp³-hybridized carbons (Fsp3) is 0.333. The van der Waals surface area contributed by atoms with Gasteiger partial charge in [-0.25, -0.2) is 22.4 Å². The Kier molecular flexibility index (Phi) is 6.91. The van der Waals surface area contributed by atoms with E-state index in [9.17, 15) is 22.4 Å². The molecule has 31 heavy (non-hydrogen) atoms. The molecule has 3 rings (SSSR count). The van der Waals surface area contributed by atoms with Crippen LogP contribution in [-0.4, -0.2) is 43.0 Å². The van der Waals surface area contributed by atoms with E-state index in [-0.39, 0.29) is 37.6 Å². The SMILES string of the molecule is CCN(CC)S(=O)(=O)c1ccc(F)c(C(=O)OCCCn2c(=O)oc3ccccc32)c1. The molecule has 0 aliphatic rings. The van der Waals surface area contributed by atoms with Crippen molar-refractivity contribution in [3.63, 3.8) is 0 Å².